The van der Waals surface area contributed by atoms with Gasteiger partial charge in [-0.15, -0.1) is 0 Å². The number of carboxylic acid groups (broad SMARTS) is 1. The van der Waals surface area contributed by atoms with Crippen molar-refractivity contribution >= 4 is 13.6 Å². The van der Waals surface area contributed by atoms with Crippen molar-refractivity contribution in [3.8, 4) is 0 Å². The minimum Gasteiger partial charge on any atom is -0.480 e. The van der Waals surface area contributed by atoms with Gasteiger partial charge in [0.2, 0.25) is 0 Å². The van der Waals surface area contributed by atoms with Crippen LogP contribution in [0.4, 0.5) is 0 Å². The fourth-order valence-electron chi connectivity index (χ4n) is 3.13. The van der Waals surface area contributed by atoms with Crippen LogP contribution >= 0.6 is 7.60 Å². The Morgan fingerprint density at radius 1 is 0.917 bits per heavy atom. The standard InChI is InChI=1S/C15H30N3O5P/c19-15(20)11-16-12-24(21,22-17-13-7-3-1-4-8-13)23-18-14-9-5-2-6-10-14/h13-14,16-18H,1-12H2,(H,19,20). The number of aliphatic carboxylic acids is 1. The Kier molecular flexibility index (Phi) is 8.66. The van der Waals surface area contributed by atoms with Crippen molar-refractivity contribution in [1.29, 1.82) is 0 Å². The van der Waals surface area contributed by atoms with Crippen LogP contribution < -0.4 is 16.3 Å². The smallest absolute Gasteiger partial charge is 0.376 e. The molecule has 24 heavy (non-hydrogen) atoms. The third-order valence-electron chi connectivity index (χ3n) is 4.51. The summed E-state index contributed by atoms with van der Waals surface area (Å²) in [5.41, 5.74) is 5.75. The van der Waals surface area contributed by atoms with Crippen LogP contribution in [-0.2, 0) is 18.6 Å². The summed E-state index contributed by atoms with van der Waals surface area (Å²) in [6.07, 6.45) is 10.7. The van der Waals surface area contributed by atoms with Gasteiger partial charge >= 0.3 is 13.6 Å². The molecule has 0 aromatic carbocycles. The van der Waals surface area contributed by atoms with E-state index in [1.165, 1.54) is 12.8 Å². The lowest BCUT2D eigenvalue weighted by Crippen LogP contribution is -2.36. The Labute approximate surface area is 143 Å². The van der Waals surface area contributed by atoms with Crippen LogP contribution in [-0.4, -0.2) is 36.0 Å². The topological polar surface area (TPSA) is 109 Å². The molecule has 0 aromatic heterocycles. The van der Waals surface area contributed by atoms with Gasteiger partial charge in [0.15, 0.2) is 0 Å². The summed E-state index contributed by atoms with van der Waals surface area (Å²) in [6.45, 7) is -0.288. The molecule has 0 unspecified atom stereocenters. The molecular weight excluding hydrogens is 333 g/mol. The van der Waals surface area contributed by atoms with Gasteiger partial charge in [-0.05, 0) is 25.7 Å². The summed E-state index contributed by atoms with van der Waals surface area (Å²) in [5.74, 6) is -1.01. The quantitative estimate of drug-likeness (QED) is 0.346. The number of hydrogen-bond donors (Lipinski definition) is 4. The molecule has 0 heterocycles. The molecule has 0 spiro atoms. The molecule has 140 valence electrons. The van der Waals surface area contributed by atoms with Gasteiger partial charge in [-0.3, -0.25) is 14.7 Å². The van der Waals surface area contributed by atoms with E-state index in [0.717, 1.165) is 51.4 Å². The Balaban J connectivity index is 1.81. The van der Waals surface area contributed by atoms with Crippen LogP contribution in [0.2, 0.25) is 0 Å². The van der Waals surface area contributed by atoms with E-state index in [1.54, 1.807) is 0 Å². The van der Waals surface area contributed by atoms with Gasteiger partial charge in [-0.25, -0.2) is 9.25 Å². The highest BCUT2D eigenvalue weighted by Gasteiger charge is 2.29. The van der Waals surface area contributed by atoms with Crippen LogP contribution in [0.5, 0.6) is 0 Å². The van der Waals surface area contributed by atoms with Crippen LogP contribution in [0.25, 0.3) is 0 Å². The summed E-state index contributed by atoms with van der Waals surface area (Å²) in [5, 5.41) is 11.3. The van der Waals surface area contributed by atoms with Crippen molar-refractivity contribution in [2.45, 2.75) is 76.3 Å². The van der Waals surface area contributed by atoms with Gasteiger partial charge in [0, 0.05) is 12.1 Å². The number of rotatable bonds is 10. The summed E-state index contributed by atoms with van der Waals surface area (Å²) < 4.78 is 23.7. The first kappa shape index (κ1) is 19.8. The second kappa shape index (κ2) is 10.5. The average molecular weight is 363 g/mol. The Morgan fingerprint density at radius 3 is 1.79 bits per heavy atom. The van der Waals surface area contributed by atoms with Crippen LogP contribution in [0, 0.1) is 0 Å². The predicted octanol–water partition coefficient (Wildman–Crippen LogP) is 2.52. The lowest BCUT2D eigenvalue weighted by atomic mass is 9.96. The number of hydroxylamine groups is 2. The van der Waals surface area contributed by atoms with E-state index in [9.17, 15) is 9.36 Å². The summed E-state index contributed by atoms with van der Waals surface area (Å²) in [4.78, 5) is 10.6. The maximum Gasteiger partial charge on any atom is 0.376 e. The highest BCUT2D eigenvalue weighted by Crippen LogP contribution is 2.45. The molecule has 0 aliphatic heterocycles. The SMILES string of the molecule is O=C(O)CNCP(=O)(ONC1CCCCC1)ONC1CCCCC1. The van der Waals surface area contributed by atoms with Crippen molar-refractivity contribution in [2.24, 2.45) is 0 Å². The highest BCUT2D eigenvalue weighted by atomic mass is 31.2. The zero-order chi connectivity index (χ0) is 17.3. The lowest BCUT2D eigenvalue weighted by molar-refractivity contribution is -0.135. The summed E-state index contributed by atoms with van der Waals surface area (Å²) in [6, 6.07) is 0.342. The number of carbonyl (C=O) groups is 1. The van der Waals surface area contributed by atoms with Crippen molar-refractivity contribution in [2.75, 3.05) is 12.8 Å². The Morgan fingerprint density at radius 2 is 1.38 bits per heavy atom. The van der Waals surface area contributed by atoms with Crippen LogP contribution in [0.1, 0.15) is 64.2 Å². The van der Waals surface area contributed by atoms with Gasteiger partial charge in [-0.2, -0.15) is 11.0 Å². The second-order valence-corrected chi connectivity index (χ2v) is 8.58. The number of nitrogens with one attached hydrogen (secondary N) is 3. The van der Waals surface area contributed by atoms with E-state index >= 15 is 0 Å². The highest BCUT2D eigenvalue weighted by molar-refractivity contribution is 7.53. The minimum atomic E-state index is -3.51. The van der Waals surface area contributed by atoms with Crippen molar-refractivity contribution in [3.63, 3.8) is 0 Å². The maximum absolute atomic E-state index is 12.9. The monoisotopic (exact) mass is 363 g/mol. The molecule has 2 rings (SSSR count). The fourth-order valence-corrected chi connectivity index (χ4v) is 4.30. The summed E-state index contributed by atoms with van der Waals surface area (Å²) >= 11 is 0. The molecule has 0 aromatic rings. The molecule has 2 aliphatic rings. The Bertz CT molecular complexity index is 399. The minimum absolute atomic E-state index is 0.154. The molecule has 0 saturated heterocycles. The zero-order valence-corrected chi connectivity index (χ0v) is 15.1. The molecular formula is C15H30N3O5P. The van der Waals surface area contributed by atoms with Crippen molar-refractivity contribution < 1.29 is 23.7 Å². The summed E-state index contributed by atoms with van der Waals surface area (Å²) in [7, 11) is -3.51. The number of hydrogen-bond acceptors (Lipinski definition) is 7. The van der Waals surface area contributed by atoms with Gasteiger partial charge < -0.3 is 5.11 Å². The molecule has 8 nitrogen and oxygen atoms in total. The molecule has 2 fully saturated rings. The van der Waals surface area contributed by atoms with E-state index in [-0.39, 0.29) is 24.9 Å². The van der Waals surface area contributed by atoms with E-state index in [2.05, 4.69) is 16.3 Å². The largest absolute Gasteiger partial charge is 0.480 e. The van der Waals surface area contributed by atoms with Gasteiger partial charge in [0.1, 0.15) is 6.29 Å². The van der Waals surface area contributed by atoms with E-state index in [4.69, 9.17) is 14.4 Å². The molecule has 0 bridgehead atoms. The van der Waals surface area contributed by atoms with Gasteiger partial charge in [0.25, 0.3) is 0 Å². The average Bonchev–Trinajstić information content (AvgIpc) is 2.60. The molecule has 0 radical (unpaired) electrons. The molecule has 4 N–H and O–H groups in total. The second-order valence-electron chi connectivity index (χ2n) is 6.68. The Hall–Kier alpha value is -0.500. The molecule has 0 atom stereocenters. The zero-order valence-electron chi connectivity index (χ0n) is 14.2. The van der Waals surface area contributed by atoms with E-state index < -0.39 is 13.6 Å². The first-order valence-electron chi connectivity index (χ1n) is 8.97. The first-order chi connectivity index (χ1) is 11.6. The first-order valence-corrected chi connectivity index (χ1v) is 10.7. The molecule has 0 amide bonds. The van der Waals surface area contributed by atoms with Crippen molar-refractivity contribution in [3.05, 3.63) is 0 Å². The predicted molar refractivity (Wildman–Crippen MR) is 90.3 cm³/mol. The normalized spacial score (nSPS) is 21.0. The van der Waals surface area contributed by atoms with Gasteiger partial charge in [-0.1, -0.05) is 38.5 Å². The van der Waals surface area contributed by atoms with Crippen LogP contribution in [0.15, 0.2) is 0 Å². The van der Waals surface area contributed by atoms with E-state index in [0.29, 0.717) is 0 Å². The molecule has 2 aliphatic carbocycles. The number of carboxylic acids is 1. The third-order valence-corrected chi connectivity index (χ3v) is 5.89. The molecule has 2 saturated carbocycles. The van der Waals surface area contributed by atoms with E-state index in [1.807, 2.05) is 0 Å². The maximum atomic E-state index is 12.9. The van der Waals surface area contributed by atoms with Crippen LogP contribution in [0.3, 0.4) is 0 Å². The van der Waals surface area contributed by atoms with Crippen molar-refractivity contribution in [1.82, 2.24) is 16.3 Å². The third kappa shape index (κ3) is 7.59. The lowest BCUT2D eigenvalue weighted by Gasteiger charge is -2.28. The fraction of sp³-hybridized carbons (Fsp3) is 0.933. The molecule has 9 heteroatoms. The van der Waals surface area contributed by atoms with Gasteiger partial charge in [0.05, 0.1) is 6.54 Å².